The lowest BCUT2D eigenvalue weighted by molar-refractivity contribution is 0.0698. The maximum absolute atomic E-state index is 12.5. The summed E-state index contributed by atoms with van der Waals surface area (Å²) < 4.78 is 2.26. The summed E-state index contributed by atoms with van der Waals surface area (Å²) in [6, 6.07) is 3.71. The van der Waals surface area contributed by atoms with Gasteiger partial charge in [0, 0.05) is 44.1 Å². The number of carbonyl (C=O) groups excluding carboxylic acids is 1. The van der Waals surface area contributed by atoms with Crippen LogP contribution in [0.4, 0.5) is 0 Å². The molecule has 1 aliphatic heterocycles. The van der Waals surface area contributed by atoms with E-state index in [1.54, 1.807) is 6.20 Å². The van der Waals surface area contributed by atoms with E-state index in [0.29, 0.717) is 11.6 Å². The highest BCUT2D eigenvalue weighted by molar-refractivity contribution is 5.92. The van der Waals surface area contributed by atoms with Crippen molar-refractivity contribution in [3.8, 4) is 0 Å². The van der Waals surface area contributed by atoms with Crippen molar-refractivity contribution in [3.05, 3.63) is 42.2 Å². The fourth-order valence-electron chi connectivity index (χ4n) is 3.20. The van der Waals surface area contributed by atoms with Gasteiger partial charge in [0.25, 0.3) is 5.91 Å². The predicted molar refractivity (Wildman–Crippen MR) is 85.8 cm³/mol. The fraction of sp³-hybridized carbons (Fsp3) is 0.529. The van der Waals surface area contributed by atoms with E-state index >= 15 is 0 Å². The second-order valence-electron chi connectivity index (χ2n) is 6.01. The third kappa shape index (κ3) is 3.08. The van der Waals surface area contributed by atoms with Crippen LogP contribution < -0.4 is 0 Å². The number of aromatic nitrogens is 3. The summed E-state index contributed by atoms with van der Waals surface area (Å²) in [6.07, 6.45) is 10.2. The monoisotopic (exact) mass is 300 g/mol. The van der Waals surface area contributed by atoms with Crippen molar-refractivity contribution >= 4 is 5.91 Å². The summed E-state index contributed by atoms with van der Waals surface area (Å²) in [7, 11) is 0. The molecule has 1 N–H and O–H groups in total. The first kappa shape index (κ1) is 14.9. The molecule has 3 heterocycles. The smallest absolute Gasteiger partial charge is 0.270 e. The molecule has 0 radical (unpaired) electrons. The number of hydrogen-bond acceptors (Lipinski definition) is 2. The molecule has 1 amide bonds. The van der Waals surface area contributed by atoms with Gasteiger partial charge in [0.1, 0.15) is 11.5 Å². The van der Waals surface area contributed by atoms with Crippen LogP contribution in [0.25, 0.3) is 0 Å². The van der Waals surface area contributed by atoms with E-state index in [-0.39, 0.29) is 5.91 Å². The number of imidazole rings is 1. The van der Waals surface area contributed by atoms with Crippen LogP contribution in [0.2, 0.25) is 0 Å². The first-order chi connectivity index (χ1) is 10.8. The Kier molecular flexibility index (Phi) is 4.61. The lowest BCUT2D eigenvalue weighted by Gasteiger charge is -2.32. The minimum atomic E-state index is 0.0985. The molecule has 1 aliphatic rings. The number of H-pyrrole nitrogens is 1. The predicted octanol–water partition coefficient (Wildman–Crippen LogP) is 3.03. The van der Waals surface area contributed by atoms with Crippen LogP contribution >= 0.6 is 0 Å². The molecule has 5 nitrogen and oxygen atoms in total. The van der Waals surface area contributed by atoms with Gasteiger partial charge in [-0.3, -0.25) is 4.79 Å². The molecule has 0 spiro atoms. The van der Waals surface area contributed by atoms with E-state index < -0.39 is 0 Å². The van der Waals surface area contributed by atoms with Crippen LogP contribution in [-0.2, 0) is 6.54 Å². The van der Waals surface area contributed by atoms with Gasteiger partial charge >= 0.3 is 0 Å². The highest BCUT2D eigenvalue weighted by Gasteiger charge is 2.28. The van der Waals surface area contributed by atoms with Gasteiger partial charge in [-0.05, 0) is 31.4 Å². The van der Waals surface area contributed by atoms with Crippen molar-refractivity contribution in [3.63, 3.8) is 0 Å². The Labute approximate surface area is 131 Å². The molecule has 1 unspecified atom stereocenters. The number of aromatic amines is 1. The number of carbonyl (C=O) groups is 1. The Morgan fingerprint density at radius 3 is 3.18 bits per heavy atom. The third-order valence-electron chi connectivity index (χ3n) is 4.40. The van der Waals surface area contributed by atoms with Crippen molar-refractivity contribution in [1.82, 2.24) is 19.4 Å². The number of nitrogens with one attached hydrogen (secondary N) is 1. The van der Waals surface area contributed by atoms with Gasteiger partial charge in [0.05, 0.1) is 0 Å². The number of likely N-dealkylation sites (tertiary alicyclic amines) is 1. The molecular formula is C17H24N4O. The Morgan fingerprint density at radius 1 is 1.50 bits per heavy atom. The van der Waals surface area contributed by atoms with Crippen LogP contribution in [0, 0.1) is 0 Å². The van der Waals surface area contributed by atoms with Crippen molar-refractivity contribution in [2.24, 2.45) is 0 Å². The topological polar surface area (TPSA) is 53.9 Å². The summed E-state index contributed by atoms with van der Waals surface area (Å²) in [5, 5.41) is 0. The number of unbranched alkanes of at least 4 members (excludes halogenated alkanes) is 1. The Balaban J connectivity index is 1.70. The molecule has 2 aromatic heterocycles. The third-order valence-corrected chi connectivity index (χ3v) is 4.40. The zero-order valence-electron chi connectivity index (χ0n) is 13.2. The number of hydrogen-bond donors (Lipinski definition) is 1. The van der Waals surface area contributed by atoms with Crippen molar-refractivity contribution in [2.75, 3.05) is 13.1 Å². The summed E-state index contributed by atoms with van der Waals surface area (Å²) in [6.45, 7) is 4.83. The lowest BCUT2D eigenvalue weighted by atomic mass is 9.96. The van der Waals surface area contributed by atoms with Crippen molar-refractivity contribution in [2.45, 2.75) is 45.1 Å². The second-order valence-corrected chi connectivity index (χ2v) is 6.01. The molecule has 5 heteroatoms. The Hall–Kier alpha value is -2.04. The highest BCUT2D eigenvalue weighted by Crippen LogP contribution is 2.26. The van der Waals surface area contributed by atoms with Gasteiger partial charge in [-0.15, -0.1) is 0 Å². The molecule has 1 saturated heterocycles. The van der Waals surface area contributed by atoms with Gasteiger partial charge < -0.3 is 14.5 Å². The lowest BCUT2D eigenvalue weighted by Crippen LogP contribution is -2.40. The van der Waals surface area contributed by atoms with Gasteiger partial charge in [-0.1, -0.05) is 13.3 Å². The molecule has 0 bridgehead atoms. The Bertz CT molecular complexity index is 602. The van der Waals surface area contributed by atoms with Gasteiger partial charge in [0.2, 0.25) is 0 Å². The molecule has 0 aromatic carbocycles. The average molecular weight is 300 g/mol. The summed E-state index contributed by atoms with van der Waals surface area (Å²) in [5.41, 5.74) is 0.676. The molecule has 1 fully saturated rings. The first-order valence-corrected chi connectivity index (χ1v) is 8.23. The molecule has 0 aliphatic carbocycles. The normalized spacial score (nSPS) is 18.6. The fourth-order valence-corrected chi connectivity index (χ4v) is 3.20. The minimum absolute atomic E-state index is 0.0985. The van der Waals surface area contributed by atoms with Crippen molar-refractivity contribution < 1.29 is 4.79 Å². The number of rotatable bonds is 5. The van der Waals surface area contributed by atoms with Crippen LogP contribution in [0.15, 0.2) is 30.7 Å². The SMILES string of the molecule is CCCCn1ccnc1C1CCCN(C(=O)c2ccc[nH]2)C1. The molecular weight excluding hydrogens is 276 g/mol. The van der Waals surface area contributed by atoms with Gasteiger partial charge in [0.15, 0.2) is 0 Å². The molecule has 118 valence electrons. The van der Waals surface area contributed by atoms with E-state index in [0.717, 1.165) is 38.3 Å². The van der Waals surface area contributed by atoms with E-state index in [1.165, 1.54) is 12.8 Å². The standard InChI is InChI=1S/C17H24N4O/c1-2-3-10-20-12-9-19-16(20)14-6-5-11-21(13-14)17(22)15-7-4-8-18-15/h4,7-9,12,14,18H,2-3,5-6,10-11,13H2,1H3. The quantitative estimate of drug-likeness (QED) is 0.922. The van der Waals surface area contributed by atoms with Crippen LogP contribution in [0.3, 0.4) is 0 Å². The summed E-state index contributed by atoms with van der Waals surface area (Å²) in [5.74, 6) is 1.58. The van der Waals surface area contributed by atoms with Crippen LogP contribution in [0.1, 0.15) is 54.8 Å². The maximum atomic E-state index is 12.5. The van der Waals surface area contributed by atoms with Crippen molar-refractivity contribution in [1.29, 1.82) is 0 Å². The number of nitrogens with zero attached hydrogens (tertiary/aromatic N) is 3. The first-order valence-electron chi connectivity index (χ1n) is 8.23. The van der Waals surface area contributed by atoms with Crippen LogP contribution in [0.5, 0.6) is 0 Å². The largest absolute Gasteiger partial charge is 0.357 e. The molecule has 2 aromatic rings. The Morgan fingerprint density at radius 2 is 2.41 bits per heavy atom. The molecule has 22 heavy (non-hydrogen) atoms. The number of piperidine rings is 1. The maximum Gasteiger partial charge on any atom is 0.270 e. The molecule has 0 saturated carbocycles. The zero-order chi connectivity index (χ0) is 15.4. The number of aryl methyl sites for hydroxylation is 1. The molecule has 1 atom stereocenters. The second kappa shape index (κ2) is 6.81. The average Bonchev–Trinajstić information content (AvgIpc) is 3.23. The summed E-state index contributed by atoms with van der Waals surface area (Å²) in [4.78, 5) is 22.0. The van der Waals surface area contributed by atoms with Gasteiger partial charge in [-0.25, -0.2) is 4.98 Å². The van der Waals surface area contributed by atoms with E-state index in [9.17, 15) is 4.79 Å². The van der Waals surface area contributed by atoms with E-state index in [1.807, 2.05) is 23.2 Å². The van der Waals surface area contributed by atoms with Gasteiger partial charge in [-0.2, -0.15) is 0 Å². The minimum Gasteiger partial charge on any atom is -0.357 e. The highest BCUT2D eigenvalue weighted by atomic mass is 16.2. The molecule has 3 rings (SSSR count). The summed E-state index contributed by atoms with van der Waals surface area (Å²) >= 11 is 0. The number of amides is 1. The van der Waals surface area contributed by atoms with E-state index in [4.69, 9.17) is 0 Å². The van der Waals surface area contributed by atoms with E-state index in [2.05, 4.69) is 27.7 Å². The van der Waals surface area contributed by atoms with Crippen LogP contribution in [-0.4, -0.2) is 38.4 Å². The zero-order valence-corrected chi connectivity index (χ0v) is 13.2.